The Morgan fingerprint density at radius 1 is 1.14 bits per heavy atom. The Hall–Kier alpha value is -2.57. The fourth-order valence-electron chi connectivity index (χ4n) is 1.37. The highest BCUT2D eigenvalue weighted by Gasteiger charge is 2.12. The van der Waals surface area contributed by atoms with E-state index in [2.05, 4.69) is 10.6 Å². The van der Waals surface area contributed by atoms with Crippen molar-refractivity contribution in [3.05, 3.63) is 30.3 Å². The third-order valence-corrected chi connectivity index (χ3v) is 2.71. The summed E-state index contributed by atoms with van der Waals surface area (Å²) in [5, 5.41) is 4.63. The summed E-state index contributed by atoms with van der Waals surface area (Å²) >= 11 is 0. The molecule has 1 rings (SSSR count). The van der Waals surface area contributed by atoms with E-state index in [0.29, 0.717) is 5.75 Å². The van der Waals surface area contributed by atoms with Gasteiger partial charge in [0.25, 0.3) is 5.91 Å². The average molecular weight is 308 g/mol. The van der Waals surface area contributed by atoms with Crippen LogP contribution in [0.4, 0.5) is 4.79 Å². The molecule has 3 amide bonds. The number of carbonyl (C=O) groups excluding carboxylic acids is 3. The van der Waals surface area contributed by atoms with Crippen LogP contribution in [0.1, 0.15) is 20.3 Å². The quantitative estimate of drug-likeness (QED) is 0.739. The van der Waals surface area contributed by atoms with E-state index in [1.165, 1.54) is 0 Å². The average Bonchev–Trinajstić information content (AvgIpc) is 2.51. The molecule has 0 aromatic heterocycles. The highest BCUT2D eigenvalue weighted by atomic mass is 16.6. The maximum atomic E-state index is 11.4. The third-order valence-electron chi connectivity index (χ3n) is 2.71. The summed E-state index contributed by atoms with van der Waals surface area (Å²) in [6.45, 7) is 2.87. The molecule has 0 heterocycles. The van der Waals surface area contributed by atoms with Crippen LogP contribution in [-0.4, -0.2) is 37.2 Å². The van der Waals surface area contributed by atoms with Crippen LogP contribution < -0.4 is 15.4 Å². The summed E-state index contributed by atoms with van der Waals surface area (Å²) in [5.74, 6) is -0.868. The second kappa shape index (κ2) is 9.38. The SMILES string of the molecule is CC[C@H](C)NC(=O)NC(=O)COC(=O)COc1ccccc1. The smallest absolute Gasteiger partial charge is 0.344 e. The van der Waals surface area contributed by atoms with E-state index < -0.39 is 24.5 Å². The van der Waals surface area contributed by atoms with Gasteiger partial charge in [-0.25, -0.2) is 9.59 Å². The molecule has 7 heteroatoms. The van der Waals surface area contributed by atoms with Crippen LogP contribution in [0.15, 0.2) is 30.3 Å². The number of hydrogen-bond acceptors (Lipinski definition) is 5. The van der Waals surface area contributed by atoms with Gasteiger partial charge in [0, 0.05) is 6.04 Å². The van der Waals surface area contributed by atoms with Gasteiger partial charge in [0.15, 0.2) is 13.2 Å². The molecule has 0 aliphatic heterocycles. The molecule has 0 radical (unpaired) electrons. The minimum atomic E-state index is -0.700. The predicted molar refractivity (Wildman–Crippen MR) is 79.3 cm³/mol. The van der Waals surface area contributed by atoms with Crippen molar-refractivity contribution >= 4 is 17.9 Å². The number of para-hydroxylation sites is 1. The Morgan fingerprint density at radius 2 is 1.82 bits per heavy atom. The second-order valence-electron chi connectivity index (χ2n) is 4.59. The minimum absolute atomic E-state index is 0.0466. The second-order valence-corrected chi connectivity index (χ2v) is 4.59. The Kier molecular flexibility index (Phi) is 7.45. The summed E-state index contributed by atoms with van der Waals surface area (Å²) < 4.78 is 9.86. The Labute approximate surface area is 129 Å². The summed E-state index contributed by atoms with van der Waals surface area (Å²) in [5.41, 5.74) is 0. The van der Waals surface area contributed by atoms with E-state index >= 15 is 0 Å². The summed E-state index contributed by atoms with van der Waals surface area (Å²) in [7, 11) is 0. The number of amides is 3. The fourth-order valence-corrected chi connectivity index (χ4v) is 1.37. The molecule has 1 aromatic rings. The maximum absolute atomic E-state index is 11.4. The van der Waals surface area contributed by atoms with Gasteiger partial charge in [-0.05, 0) is 25.5 Å². The molecule has 0 bridgehead atoms. The van der Waals surface area contributed by atoms with Gasteiger partial charge in [-0.2, -0.15) is 0 Å². The molecule has 1 atom stereocenters. The largest absolute Gasteiger partial charge is 0.482 e. The normalized spacial score (nSPS) is 11.2. The Bertz CT molecular complexity index is 504. The zero-order chi connectivity index (χ0) is 16.4. The molecule has 120 valence electrons. The van der Waals surface area contributed by atoms with Crippen molar-refractivity contribution in [2.24, 2.45) is 0 Å². The van der Waals surface area contributed by atoms with Gasteiger partial charge in [0.1, 0.15) is 5.75 Å². The number of hydrogen-bond donors (Lipinski definition) is 2. The molecule has 2 N–H and O–H groups in total. The molecule has 0 saturated carbocycles. The zero-order valence-corrected chi connectivity index (χ0v) is 12.6. The van der Waals surface area contributed by atoms with Crippen LogP contribution >= 0.6 is 0 Å². The molecule has 0 fully saturated rings. The molecule has 0 spiro atoms. The molecular weight excluding hydrogens is 288 g/mol. The molecule has 0 unspecified atom stereocenters. The predicted octanol–water partition coefficient (Wildman–Crippen LogP) is 1.23. The summed E-state index contributed by atoms with van der Waals surface area (Å²) in [6, 6.07) is 8.08. The lowest BCUT2D eigenvalue weighted by Gasteiger charge is -2.11. The van der Waals surface area contributed by atoms with E-state index in [9.17, 15) is 14.4 Å². The first kappa shape index (κ1) is 17.5. The monoisotopic (exact) mass is 308 g/mol. The van der Waals surface area contributed by atoms with Crippen LogP contribution in [0.3, 0.4) is 0 Å². The number of esters is 1. The summed E-state index contributed by atoms with van der Waals surface area (Å²) in [6.07, 6.45) is 0.743. The maximum Gasteiger partial charge on any atom is 0.344 e. The topological polar surface area (TPSA) is 93.7 Å². The van der Waals surface area contributed by atoms with Crippen molar-refractivity contribution in [1.82, 2.24) is 10.6 Å². The third kappa shape index (κ3) is 7.28. The van der Waals surface area contributed by atoms with Crippen molar-refractivity contribution in [2.75, 3.05) is 13.2 Å². The number of imide groups is 1. The van der Waals surface area contributed by atoms with E-state index in [4.69, 9.17) is 9.47 Å². The van der Waals surface area contributed by atoms with E-state index in [1.807, 2.05) is 19.9 Å². The first-order valence-corrected chi connectivity index (χ1v) is 6.95. The van der Waals surface area contributed by atoms with Crippen LogP contribution in [0.25, 0.3) is 0 Å². The molecule has 7 nitrogen and oxygen atoms in total. The van der Waals surface area contributed by atoms with Crippen LogP contribution in [0, 0.1) is 0 Å². The lowest BCUT2D eigenvalue weighted by Crippen LogP contribution is -2.44. The molecule has 22 heavy (non-hydrogen) atoms. The van der Waals surface area contributed by atoms with E-state index in [1.54, 1.807) is 24.3 Å². The van der Waals surface area contributed by atoms with Crippen molar-refractivity contribution in [2.45, 2.75) is 26.3 Å². The van der Waals surface area contributed by atoms with Crippen LogP contribution in [0.5, 0.6) is 5.75 Å². The lowest BCUT2D eigenvalue weighted by molar-refractivity contribution is -0.150. The van der Waals surface area contributed by atoms with Crippen molar-refractivity contribution in [3.63, 3.8) is 0 Å². The number of ether oxygens (including phenoxy) is 2. The minimum Gasteiger partial charge on any atom is -0.482 e. The molecule has 0 saturated heterocycles. The Morgan fingerprint density at radius 3 is 2.45 bits per heavy atom. The number of nitrogens with one attached hydrogen (secondary N) is 2. The number of benzene rings is 1. The van der Waals surface area contributed by atoms with Gasteiger partial charge in [0.2, 0.25) is 0 Å². The molecule has 0 aliphatic rings. The van der Waals surface area contributed by atoms with Gasteiger partial charge in [0.05, 0.1) is 0 Å². The number of rotatable bonds is 7. The molecular formula is C15H20N2O5. The van der Waals surface area contributed by atoms with Gasteiger partial charge < -0.3 is 14.8 Å². The van der Waals surface area contributed by atoms with Crippen LogP contribution in [0.2, 0.25) is 0 Å². The molecule has 1 aromatic carbocycles. The van der Waals surface area contributed by atoms with Gasteiger partial charge >= 0.3 is 12.0 Å². The fraction of sp³-hybridized carbons (Fsp3) is 0.400. The first-order valence-electron chi connectivity index (χ1n) is 6.95. The van der Waals surface area contributed by atoms with E-state index in [-0.39, 0.29) is 12.6 Å². The highest BCUT2D eigenvalue weighted by molar-refractivity contribution is 5.95. The number of urea groups is 1. The van der Waals surface area contributed by atoms with Crippen molar-refractivity contribution in [1.29, 1.82) is 0 Å². The van der Waals surface area contributed by atoms with Gasteiger partial charge in [-0.15, -0.1) is 0 Å². The summed E-state index contributed by atoms with van der Waals surface area (Å²) in [4.78, 5) is 34.2. The Balaban J connectivity index is 2.20. The number of carbonyl (C=O) groups is 3. The zero-order valence-electron chi connectivity index (χ0n) is 12.6. The molecule has 0 aliphatic carbocycles. The lowest BCUT2D eigenvalue weighted by atomic mass is 10.3. The van der Waals surface area contributed by atoms with Gasteiger partial charge in [-0.3, -0.25) is 10.1 Å². The van der Waals surface area contributed by atoms with Gasteiger partial charge in [-0.1, -0.05) is 25.1 Å². The van der Waals surface area contributed by atoms with Crippen LogP contribution in [-0.2, 0) is 14.3 Å². The highest BCUT2D eigenvalue weighted by Crippen LogP contribution is 2.07. The standard InChI is InChI=1S/C15H20N2O5/c1-3-11(2)16-15(20)17-13(18)9-22-14(19)10-21-12-7-5-4-6-8-12/h4-8,11H,3,9-10H2,1-2H3,(H2,16,17,18,20)/t11-/m0/s1. The van der Waals surface area contributed by atoms with Crippen molar-refractivity contribution in [3.8, 4) is 5.75 Å². The van der Waals surface area contributed by atoms with Crippen molar-refractivity contribution < 1.29 is 23.9 Å². The van der Waals surface area contributed by atoms with E-state index in [0.717, 1.165) is 6.42 Å². The first-order chi connectivity index (χ1) is 10.5.